The van der Waals surface area contributed by atoms with Crippen molar-refractivity contribution in [2.75, 3.05) is 18.9 Å². The van der Waals surface area contributed by atoms with Gasteiger partial charge in [0, 0.05) is 18.8 Å². The topological polar surface area (TPSA) is 49.4 Å². The molecule has 0 saturated heterocycles. The van der Waals surface area contributed by atoms with Crippen LogP contribution in [0.5, 0.6) is 0 Å². The highest BCUT2D eigenvalue weighted by Crippen LogP contribution is 2.27. The second-order valence-electron chi connectivity index (χ2n) is 5.00. The molecular formula is C14H18BN2O2. The standard InChI is InChI=1S/C14H18BN2O2/c1-9-6-12(15-2)10-4-5-17(3)7-11(10)14(9)16-13(19)8-18/h6,8H,4-5,7H2,1-3H3,(H,16,19). The van der Waals surface area contributed by atoms with Gasteiger partial charge in [-0.25, -0.2) is 0 Å². The number of anilines is 1. The van der Waals surface area contributed by atoms with Crippen LogP contribution in [0.2, 0.25) is 6.82 Å². The van der Waals surface area contributed by atoms with E-state index in [1.807, 2.05) is 13.7 Å². The molecule has 1 heterocycles. The lowest BCUT2D eigenvalue weighted by Crippen LogP contribution is -2.34. The number of nitrogens with one attached hydrogen (secondary N) is 1. The number of carbonyl (C=O) groups is 2. The van der Waals surface area contributed by atoms with Crippen LogP contribution in [0.1, 0.15) is 16.7 Å². The number of likely N-dealkylation sites (N-methyl/N-ethyl adjacent to an activating group) is 1. The molecule has 5 heteroatoms. The number of aryl methyl sites for hydroxylation is 1. The number of amides is 1. The molecule has 1 amide bonds. The van der Waals surface area contributed by atoms with Gasteiger partial charge >= 0.3 is 0 Å². The van der Waals surface area contributed by atoms with E-state index in [0.29, 0.717) is 6.29 Å². The maximum absolute atomic E-state index is 11.4. The average Bonchev–Trinajstić information content (AvgIpc) is 2.41. The van der Waals surface area contributed by atoms with Crippen molar-refractivity contribution in [2.24, 2.45) is 0 Å². The predicted molar refractivity (Wildman–Crippen MR) is 77.2 cm³/mol. The fourth-order valence-corrected chi connectivity index (χ4v) is 2.66. The van der Waals surface area contributed by atoms with Gasteiger partial charge < -0.3 is 10.2 Å². The Morgan fingerprint density at radius 1 is 1.47 bits per heavy atom. The molecule has 1 aliphatic rings. The number of aldehydes is 1. The van der Waals surface area contributed by atoms with E-state index >= 15 is 0 Å². The van der Waals surface area contributed by atoms with Crippen LogP contribution in [-0.2, 0) is 22.6 Å². The van der Waals surface area contributed by atoms with Crippen molar-refractivity contribution in [1.82, 2.24) is 4.90 Å². The fourth-order valence-electron chi connectivity index (χ4n) is 2.66. The Bertz CT molecular complexity index is 529. The number of fused-ring (bicyclic) bond motifs is 1. The first-order valence-corrected chi connectivity index (χ1v) is 6.46. The van der Waals surface area contributed by atoms with E-state index < -0.39 is 5.91 Å². The smallest absolute Gasteiger partial charge is 0.288 e. The maximum atomic E-state index is 11.4. The molecule has 1 N–H and O–H groups in total. The van der Waals surface area contributed by atoms with Crippen molar-refractivity contribution in [1.29, 1.82) is 0 Å². The second kappa shape index (κ2) is 5.57. The Balaban J connectivity index is 2.53. The SMILES string of the molecule is C[B]c1cc(C)c(NC(=O)C=O)c2c1CCN(C)C2. The van der Waals surface area contributed by atoms with Crippen molar-refractivity contribution < 1.29 is 9.59 Å². The van der Waals surface area contributed by atoms with Gasteiger partial charge in [0.1, 0.15) is 7.28 Å². The molecule has 0 bridgehead atoms. The number of nitrogens with zero attached hydrogens (tertiary/aromatic N) is 1. The van der Waals surface area contributed by atoms with Crippen LogP contribution in [0.25, 0.3) is 0 Å². The van der Waals surface area contributed by atoms with Crippen LogP contribution >= 0.6 is 0 Å². The molecule has 0 aromatic heterocycles. The molecule has 0 unspecified atom stereocenters. The van der Waals surface area contributed by atoms with Gasteiger partial charge in [-0.2, -0.15) is 0 Å². The zero-order valence-corrected chi connectivity index (χ0v) is 11.6. The lowest BCUT2D eigenvalue weighted by atomic mass is 9.68. The van der Waals surface area contributed by atoms with E-state index in [1.54, 1.807) is 0 Å². The third-order valence-electron chi connectivity index (χ3n) is 3.62. The van der Waals surface area contributed by atoms with Gasteiger partial charge in [-0.1, -0.05) is 18.4 Å². The number of hydrogen-bond acceptors (Lipinski definition) is 3. The van der Waals surface area contributed by atoms with Gasteiger partial charge in [-0.3, -0.25) is 9.59 Å². The van der Waals surface area contributed by atoms with Gasteiger partial charge in [0.2, 0.25) is 6.29 Å². The predicted octanol–water partition coefficient (Wildman–Crippen LogP) is 0.498. The van der Waals surface area contributed by atoms with Crippen LogP contribution in [0, 0.1) is 6.92 Å². The summed E-state index contributed by atoms with van der Waals surface area (Å²) < 4.78 is 0. The van der Waals surface area contributed by atoms with Crippen LogP contribution in [0.4, 0.5) is 5.69 Å². The van der Waals surface area contributed by atoms with E-state index in [9.17, 15) is 9.59 Å². The lowest BCUT2D eigenvalue weighted by Gasteiger charge is -2.30. The van der Waals surface area contributed by atoms with Crippen molar-refractivity contribution >= 4 is 30.6 Å². The Labute approximate surface area is 114 Å². The lowest BCUT2D eigenvalue weighted by molar-refractivity contribution is -0.127. The van der Waals surface area contributed by atoms with Crippen molar-refractivity contribution in [3.8, 4) is 0 Å². The van der Waals surface area contributed by atoms with Gasteiger partial charge in [0.05, 0.1) is 0 Å². The summed E-state index contributed by atoms with van der Waals surface area (Å²) in [7, 11) is 4.16. The van der Waals surface area contributed by atoms with Gasteiger partial charge in [0.25, 0.3) is 5.91 Å². The highest BCUT2D eigenvalue weighted by molar-refractivity contribution is 6.52. The molecule has 1 aromatic carbocycles. The largest absolute Gasteiger partial charge is 0.319 e. The minimum absolute atomic E-state index is 0.318. The zero-order valence-electron chi connectivity index (χ0n) is 11.6. The second-order valence-corrected chi connectivity index (χ2v) is 5.00. The van der Waals surface area contributed by atoms with E-state index in [-0.39, 0.29) is 0 Å². The molecule has 0 spiro atoms. The molecule has 0 atom stereocenters. The molecule has 1 aliphatic heterocycles. The summed E-state index contributed by atoms with van der Waals surface area (Å²) in [6.45, 7) is 5.80. The Morgan fingerprint density at radius 3 is 2.84 bits per heavy atom. The summed E-state index contributed by atoms with van der Waals surface area (Å²) >= 11 is 0. The highest BCUT2D eigenvalue weighted by Gasteiger charge is 2.21. The third kappa shape index (κ3) is 2.71. The van der Waals surface area contributed by atoms with E-state index in [1.165, 1.54) is 11.0 Å². The maximum Gasteiger partial charge on any atom is 0.288 e. The van der Waals surface area contributed by atoms with E-state index in [2.05, 4.69) is 30.6 Å². The molecule has 4 nitrogen and oxygen atoms in total. The van der Waals surface area contributed by atoms with Crippen LogP contribution < -0.4 is 10.8 Å². The minimum atomic E-state index is -0.591. The monoisotopic (exact) mass is 257 g/mol. The molecule has 0 aliphatic carbocycles. The van der Waals surface area contributed by atoms with E-state index in [0.717, 1.165) is 36.3 Å². The van der Waals surface area contributed by atoms with Crippen LogP contribution in [0.15, 0.2) is 6.07 Å². The third-order valence-corrected chi connectivity index (χ3v) is 3.62. The quantitative estimate of drug-likeness (QED) is 0.487. The Hall–Kier alpha value is -1.62. The summed E-state index contributed by atoms with van der Waals surface area (Å²) in [5, 5.41) is 2.71. The Morgan fingerprint density at radius 2 is 2.21 bits per heavy atom. The molecule has 1 aromatic rings. The van der Waals surface area contributed by atoms with Crippen LogP contribution in [-0.4, -0.2) is 38.0 Å². The molecule has 99 valence electrons. The van der Waals surface area contributed by atoms with Crippen molar-refractivity contribution in [3.05, 3.63) is 22.8 Å². The summed E-state index contributed by atoms with van der Waals surface area (Å²) in [5.74, 6) is -0.591. The normalized spacial score (nSPS) is 14.7. The highest BCUT2D eigenvalue weighted by atomic mass is 16.2. The molecule has 0 saturated carbocycles. The fraction of sp³-hybridized carbons (Fsp3) is 0.429. The number of hydrogen-bond donors (Lipinski definition) is 1. The van der Waals surface area contributed by atoms with Crippen molar-refractivity contribution in [3.63, 3.8) is 0 Å². The molecular weight excluding hydrogens is 239 g/mol. The first kappa shape index (κ1) is 13.8. The molecule has 19 heavy (non-hydrogen) atoms. The van der Waals surface area contributed by atoms with E-state index in [4.69, 9.17) is 0 Å². The molecule has 2 rings (SSSR count). The van der Waals surface area contributed by atoms with Gasteiger partial charge in [-0.05, 0) is 37.1 Å². The summed E-state index contributed by atoms with van der Waals surface area (Å²) in [5.41, 5.74) is 5.44. The summed E-state index contributed by atoms with van der Waals surface area (Å²) in [6, 6.07) is 2.07. The first-order chi connectivity index (χ1) is 9.06. The number of benzene rings is 1. The zero-order chi connectivity index (χ0) is 14.0. The number of rotatable bonds is 3. The minimum Gasteiger partial charge on any atom is -0.319 e. The van der Waals surface area contributed by atoms with Crippen LogP contribution in [0.3, 0.4) is 0 Å². The molecule has 0 fully saturated rings. The average molecular weight is 257 g/mol. The van der Waals surface area contributed by atoms with Gasteiger partial charge in [0.15, 0.2) is 0 Å². The van der Waals surface area contributed by atoms with Crippen molar-refractivity contribution in [2.45, 2.75) is 26.7 Å². The Kier molecular flexibility index (Phi) is 4.05. The first-order valence-electron chi connectivity index (χ1n) is 6.46. The molecule has 1 radical (unpaired) electrons. The summed E-state index contributed by atoms with van der Waals surface area (Å²) in [6.07, 6.45) is 1.29. The summed E-state index contributed by atoms with van der Waals surface area (Å²) in [4.78, 5) is 24.1. The van der Waals surface area contributed by atoms with Gasteiger partial charge in [-0.15, -0.1) is 0 Å². The number of carbonyl (C=O) groups excluding carboxylic acids is 2.